The smallest absolute Gasteiger partial charge is 0.0534 e. The topological polar surface area (TPSA) is 42.7 Å². The third-order valence-electron chi connectivity index (χ3n) is 2.56. The van der Waals surface area contributed by atoms with Crippen LogP contribution in [0, 0.1) is 0 Å². The second-order valence-electron chi connectivity index (χ2n) is 3.73. The van der Waals surface area contributed by atoms with Crippen LogP contribution < -0.4 is 5.32 Å². The van der Waals surface area contributed by atoms with E-state index in [2.05, 4.69) is 22.3 Å². The summed E-state index contributed by atoms with van der Waals surface area (Å²) in [6.07, 6.45) is 7.41. The molecule has 2 aromatic rings. The van der Waals surface area contributed by atoms with Gasteiger partial charge in [0, 0.05) is 37.4 Å². The Morgan fingerprint density at radius 3 is 2.81 bits per heavy atom. The van der Waals surface area contributed by atoms with E-state index < -0.39 is 0 Å². The van der Waals surface area contributed by atoms with Gasteiger partial charge < -0.3 is 5.32 Å². The largest absolute Gasteiger partial charge is 0.308 e. The summed E-state index contributed by atoms with van der Waals surface area (Å²) in [6, 6.07) is 6.35. The Kier molecular flexibility index (Phi) is 3.66. The summed E-state index contributed by atoms with van der Waals surface area (Å²) >= 11 is 0. The SMILES string of the molecule is C[C@@H](NCCn1cccn1)c1ccncc1. The molecule has 0 aliphatic heterocycles. The van der Waals surface area contributed by atoms with Gasteiger partial charge in [-0.05, 0) is 30.7 Å². The molecule has 84 valence electrons. The predicted octanol–water partition coefficient (Wildman–Crippen LogP) is 1.63. The second kappa shape index (κ2) is 5.42. The van der Waals surface area contributed by atoms with E-state index in [1.165, 1.54) is 5.56 Å². The van der Waals surface area contributed by atoms with Crippen LogP contribution in [0.5, 0.6) is 0 Å². The Morgan fingerprint density at radius 1 is 1.31 bits per heavy atom. The summed E-state index contributed by atoms with van der Waals surface area (Å²) in [5.41, 5.74) is 1.26. The fourth-order valence-electron chi connectivity index (χ4n) is 1.60. The van der Waals surface area contributed by atoms with Gasteiger partial charge >= 0.3 is 0 Å². The van der Waals surface area contributed by atoms with Gasteiger partial charge in [-0.25, -0.2) is 0 Å². The molecule has 0 radical (unpaired) electrons. The van der Waals surface area contributed by atoms with Gasteiger partial charge in [0.1, 0.15) is 0 Å². The molecule has 4 nitrogen and oxygen atoms in total. The summed E-state index contributed by atoms with van der Waals surface area (Å²) in [4.78, 5) is 4.01. The summed E-state index contributed by atoms with van der Waals surface area (Å²) in [7, 11) is 0. The van der Waals surface area contributed by atoms with E-state index in [9.17, 15) is 0 Å². The van der Waals surface area contributed by atoms with Crippen LogP contribution in [0.25, 0.3) is 0 Å². The van der Waals surface area contributed by atoms with Crippen molar-refractivity contribution in [2.24, 2.45) is 0 Å². The first kappa shape index (κ1) is 10.8. The molecular formula is C12H16N4. The molecule has 0 aliphatic carbocycles. The Balaban J connectivity index is 1.78. The lowest BCUT2D eigenvalue weighted by molar-refractivity contribution is 0.507. The molecule has 0 saturated carbocycles. The third kappa shape index (κ3) is 2.90. The molecule has 4 heteroatoms. The van der Waals surface area contributed by atoms with Gasteiger partial charge in [0.05, 0.1) is 6.54 Å². The average molecular weight is 216 g/mol. The van der Waals surface area contributed by atoms with E-state index in [4.69, 9.17) is 0 Å². The fourth-order valence-corrected chi connectivity index (χ4v) is 1.60. The summed E-state index contributed by atoms with van der Waals surface area (Å²) in [5, 5.41) is 7.60. The molecule has 0 aromatic carbocycles. The number of aromatic nitrogens is 3. The fraction of sp³-hybridized carbons (Fsp3) is 0.333. The second-order valence-corrected chi connectivity index (χ2v) is 3.73. The van der Waals surface area contributed by atoms with Crippen molar-refractivity contribution in [3.05, 3.63) is 48.5 Å². The van der Waals surface area contributed by atoms with Crippen molar-refractivity contribution >= 4 is 0 Å². The minimum absolute atomic E-state index is 0.346. The first-order valence-corrected chi connectivity index (χ1v) is 5.47. The summed E-state index contributed by atoms with van der Waals surface area (Å²) in [5.74, 6) is 0. The molecule has 2 heterocycles. The van der Waals surface area contributed by atoms with Gasteiger partial charge in [-0.1, -0.05) is 0 Å². The van der Waals surface area contributed by atoms with Gasteiger partial charge in [0.2, 0.25) is 0 Å². The van der Waals surface area contributed by atoms with Gasteiger partial charge in [0.15, 0.2) is 0 Å². The molecule has 0 fully saturated rings. The maximum absolute atomic E-state index is 4.15. The van der Waals surface area contributed by atoms with Crippen LogP contribution in [0.3, 0.4) is 0 Å². The highest BCUT2D eigenvalue weighted by Crippen LogP contribution is 2.09. The molecule has 1 N–H and O–H groups in total. The zero-order valence-corrected chi connectivity index (χ0v) is 9.37. The van der Waals surface area contributed by atoms with Crippen molar-refractivity contribution in [2.75, 3.05) is 6.54 Å². The lowest BCUT2D eigenvalue weighted by atomic mass is 10.1. The summed E-state index contributed by atoms with van der Waals surface area (Å²) < 4.78 is 1.92. The first-order valence-electron chi connectivity index (χ1n) is 5.47. The summed E-state index contributed by atoms with van der Waals surface area (Å²) in [6.45, 7) is 3.95. The highest BCUT2D eigenvalue weighted by molar-refractivity contribution is 5.13. The highest BCUT2D eigenvalue weighted by atomic mass is 15.3. The number of pyridine rings is 1. The molecule has 0 aliphatic rings. The molecule has 0 amide bonds. The van der Waals surface area contributed by atoms with Crippen LogP contribution in [0.4, 0.5) is 0 Å². The van der Waals surface area contributed by atoms with Gasteiger partial charge in [-0.2, -0.15) is 5.10 Å². The maximum atomic E-state index is 4.15. The van der Waals surface area contributed by atoms with Crippen molar-refractivity contribution in [2.45, 2.75) is 19.5 Å². The van der Waals surface area contributed by atoms with Crippen LogP contribution in [-0.2, 0) is 6.54 Å². The van der Waals surface area contributed by atoms with E-state index in [0.29, 0.717) is 6.04 Å². The first-order chi connectivity index (χ1) is 7.86. The van der Waals surface area contributed by atoms with E-state index in [-0.39, 0.29) is 0 Å². The van der Waals surface area contributed by atoms with E-state index in [0.717, 1.165) is 13.1 Å². The maximum Gasteiger partial charge on any atom is 0.0534 e. The van der Waals surface area contributed by atoms with Crippen LogP contribution in [0.15, 0.2) is 43.0 Å². The van der Waals surface area contributed by atoms with Crippen molar-refractivity contribution in [3.63, 3.8) is 0 Å². The van der Waals surface area contributed by atoms with Crippen molar-refractivity contribution in [1.29, 1.82) is 0 Å². The zero-order chi connectivity index (χ0) is 11.2. The third-order valence-corrected chi connectivity index (χ3v) is 2.56. The number of hydrogen-bond acceptors (Lipinski definition) is 3. The van der Waals surface area contributed by atoms with Gasteiger partial charge in [-0.15, -0.1) is 0 Å². The number of hydrogen-bond donors (Lipinski definition) is 1. The molecule has 1 atom stereocenters. The quantitative estimate of drug-likeness (QED) is 0.826. The van der Waals surface area contributed by atoms with Crippen LogP contribution in [0.1, 0.15) is 18.5 Å². The van der Waals surface area contributed by atoms with E-state index in [1.54, 1.807) is 6.20 Å². The molecule has 2 aromatic heterocycles. The highest BCUT2D eigenvalue weighted by Gasteiger charge is 2.02. The Morgan fingerprint density at radius 2 is 2.12 bits per heavy atom. The van der Waals surface area contributed by atoms with E-state index in [1.807, 2.05) is 41.5 Å². The van der Waals surface area contributed by atoms with Crippen molar-refractivity contribution < 1.29 is 0 Å². The standard InChI is InChI=1S/C12H16N4/c1-11(12-3-6-13-7-4-12)14-8-10-16-9-2-5-15-16/h2-7,9,11,14H,8,10H2,1H3/t11-/m1/s1. The van der Waals surface area contributed by atoms with Gasteiger partial charge in [-0.3, -0.25) is 9.67 Å². The lowest BCUT2D eigenvalue weighted by Gasteiger charge is -2.13. The normalized spacial score (nSPS) is 12.6. The van der Waals surface area contributed by atoms with E-state index >= 15 is 0 Å². The Labute approximate surface area is 95.3 Å². The number of nitrogens with one attached hydrogen (secondary N) is 1. The monoisotopic (exact) mass is 216 g/mol. The van der Waals surface area contributed by atoms with Crippen LogP contribution >= 0.6 is 0 Å². The minimum Gasteiger partial charge on any atom is -0.308 e. The minimum atomic E-state index is 0.346. The number of rotatable bonds is 5. The van der Waals surface area contributed by atoms with Crippen molar-refractivity contribution in [1.82, 2.24) is 20.1 Å². The molecule has 0 spiro atoms. The molecule has 0 saturated heterocycles. The van der Waals surface area contributed by atoms with Crippen LogP contribution in [-0.4, -0.2) is 21.3 Å². The Bertz CT molecular complexity index is 396. The number of nitrogens with zero attached hydrogens (tertiary/aromatic N) is 3. The Hall–Kier alpha value is -1.68. The molecule has 2 rings (SSSR count). The molecule has 0 unspecified atom stereocenters. The molecule has 16 heavy (non-hydrogen) atoms. The molecular weight excluding hydrogens is 200 g/mol. The predicted molar refractivity (Wildman–Crippen MR) is 62.9 cm³/mol. The van der Waals surface area contributed by atoms with Gasteiger partial charge in [0.25, 0.3) is 0 Å². The zero-order valence-electron chi connectivity index (χ0n) is 9.37. The van der Waals surface area contributed by atoms with Crippen molar-refractivity contribution in [3.8, 4) is 0 Å². The van der Waals surface area contributed by atoms with Crippen LogP contribution in [0.2, 0.25) is 0 Å². The molecule has 0 bridgehead atoms. The average Bonchev–Trinajstić information content (AvgIpc) is 2.83. The lowest BCUT2D eigenvalue weighted by Crippen LogP contribution is -2.23.